The maximum atomic E-state index is 12.6. The van der Waals surface area contributed by atoms with Gasteiger partial charge in [0.25, 0.3) is 5.91 Å². The maximum Gasteiger partial charge on any atom is 0.266 e. The number of benzene rings is 3. The van der Waals surface area contributed by atoms with Gasteiger partial charge in [0.15, 0.2) is 11.5 Å². The summed E-state index contributed by atoms with van der Waals surface area (Å²) in [6, 6.07) is 21.5. The molecule has 0 radical (unpaired) electrons. The monoisotopic (exact) mass is 462 g/mol. The fraction of sp³-hybridized carbons (Fsp3) is 0.154. The van der Waals surface area contributed by atoms with Gasteiger partial charge in [-0.25, -0.2) is 0 Å². The number of nitrogens with zero attached hydrogens (tertiary/aromatic N) is 1. The van der Waals surface area contributed by atoms with Crippen LogP contribution < -0.4 is 19.5 Å². The van der Waals surface area contributed by atoms with Crippen LogP contribution in [0, 0.1) is 11.3 Å². The van der Waals surface area contributed by atoms with Crippen LogP contribution in [0.5, 0.6) is 17.2 Å². The van der Waals surface area contributed by atoms with Crippen LogP contribution in [0.3, 0.4) is 0 Å². The molecule has 0 heterocycles. The molecule has 0 aliphatic rings. The molecule has 3 aromatic rings. The van der Waals surface area contributed by atoms with Gasteiger partial charge in [0.2, 0.25) is 0 Å². The molecule has 0 aromatic heterocycles. The highest BCUT2D eigenvalue weighted by Gasteiger charge is 2.11. The van der Waals surface area contributed by atoms with Gasteiger partial charge < -0.3 is 19.5 Å². The average Bonchev–Trinajstić information content (AvgIpc) is 2.83. The van der Waals surface area contributed by atoms with Crippen LogP contribution in [0.2, 0.25) is 5.02 Å². The molecule has 1 amide bonds. The van der Waals surface area contributed by atoms with Gasteiger partial charge in [-0.3, -0.25) is 4.79 Å². The Hall–Kier alpha value is -3.95. The van der Waals surface area contributed by atoms with E-state index in [4.69, 9.17) is 25.8 Å². The Morgan fingerprint density at radius 1 is 1.06 bits per heavy atom. The van der Waals surface area contributed by atoms with Gasteiger partial charge in [-0.2, -0.15) is 5.26 Å². The van der Waals surface area contributed by atoms with E-state index in [1.807, 2.05) is 37.3 Å². The van der Waals surface area contributed by atoms with Crippen molar-refractivity contribution < 1.29 is 19.0 Å². The zero-order valence-corrected chi connectivity index (χ0v) is 19.1. The van der Waals surface area contributed by atoms with Gasteiger partial charge in [0, 0.05) is 16.3 Å². The van der Waals surface area contributed by atoms with Crippen LogP contribution in [0.15, 0.2) is 72.3 Å². The highest BCUT2D eigenvalue weighted by molar-refractivity contribution is 6.31. The first-order chi connectivity index (χ1) is 16.0. The Morgan fingerprint density at radius 3 is 2.48 bits per heavy atom. The molecule has 168 valence electrons. The smallest absolute Gasteiger partial charge is 0.266 e. The normalized spacial score (nSPS) is 10.8. The first-order valence-corrected chi connectivity index (χ1v) is 10.6. The molecule has 7 heteroatoms. The van der Waals surface area contributed by atoms with Crippen molar-refractivity contribution in [2.45, 2.75) is 13.5 Å². The van der Waals surface area contributed by atoms with Crippen LogP contribution in [0.1, 0.15) is 18.1 Å². The molecule has 0 aliphatic carbocycles. The Labute approximate surface area is 198 Å². The minimum atomic E-state index is -0.518. The molecule has 0 bridgehead atoms. The van der Waals surface area contributed by atoms with E-state index in [0.717, 1.165) is 5.56 Å². The Bertz CT molecular complexity index is 1180. The number of ether oxygens (including phenoxy) is 3. The number of hydrogen-bond donors (Lipinski definition) is 1. The first kappa shape index (κ1) is 23.7. The number of nitrogens with one attached hydrogen (secondary N) is 1. The number of carbonyl (C=O) groups excluding carboxylic acids is 1. The summed E-state index contributed by atoms with van der Waals surface area (Å²) in [6.45, 7) is 2.66. The third-order valence-electron chi connectivity index (χ3n) is 4.63. The summed E-state index contributed by atoms with van der Waals surface area (Å²) in [5.74, 6) is 1.23. The third-order valence-corrected chi connectivity index (χ3v) is 5.00. The van der Waals surface area contributed by atoms with Crippen LogP contribution in [0.4, 0.5) is 5.69 Å². The molecule has 0 fully saturated rings. The van der Waals surface area contributed by atoms with Gasteiger partial charge in [0.1, 0.15) is 24.0 Å². The number of carbonyl (C=O) groups is 1. The second-order valence-corrected chi connectivity index (χ2v) is 7.28. The summed E-state index contributed by atoms with van der Waals surface area (Å²) in [6.07, 6.45) is 1.50. The Balaban J connectivity index is 1.66. The zero-order chi connectivity index (χ0) is 23.6. The molecule has 0 aliphatic heterocycles. The third kappa shape index (κ3) is 6.52. The quantitative estimate of drug-likeness (QED) is 0.317. The lowest BCUT2D eigenvalue weighted by molar-refractivity contribution is -0.112. The molecule has 1 N–H and O–H groups in total. The number of methoxy groups -OCH3 is 1. The molecule has 0 saturated carbocycles. The van der Waals surface area contributed by atoms with Crippen molar-refractivity contribution in [3.8, 4) is 23.3 Å². The van der Waals surface area contributed by atoms with E-state index < -0.39 is 5.91 Å². The molecule has 0 spiro atoms. The summed E-state index contributed by atoms with van der Waals surface area (Å²) in [5.41, 5.74) is 2.03. The van der Waals surface area contributed by atoms with E-state index in [1.165, 1.54) is 6.08 Å². The van der Waals surface area contributed by atoms with Gasteiger partial charge in [0.05, 0.1) is 13.7 Å². The van der Waals surface area contributed by atoms with E-state index in [0.29, 0.717) is 46.7 Å². The summed E-state index contributed by atoms with van der Waals surface area (Å²) in [4.78, 5) is 12.6. The summed E-state index contributed by atoms with van der Waals surface area (Å²) >= 11 is 6.14. The fourth-order valence-corrected chi connectivity index (χ4v) is 3.17. The number of nitriles is 1. The van der Waals surface area contributed by atoms with Gasteiger partial charge in [-0.15, -0.1) is 0 Å². The minimum absolute atomic E-state index is 0.0401. The van der Waals surface area contributed by atoms with E-state index in [-0.39, 0.29) is 5.57 Å². The van der Waals surface area contributed by atoms with Gasteiger partial charge in [-0.1, -0.05) is 35.9 Å². The second-order valence-electron chi connectivity index (χ2n) is 6.87. The highest BCUT2D eigenvalue weighted by Crippen LogP contribution is 2.29. The number of anilines is 1. The van der Waals surface area contributed by atoms with Crippen molar-refractivity contribution in [1.29, 1.82) is 5.26 Å². The van der Waals surface area contributed by atoms with Gasteiger partial charge >= 0.3 is 0 Å². The number of amides is 1. The largest absolute Gasteiger partial charge is 0.493 e. The van der Waals surface area contributed by atoms with Crippen molar-refractivity contribution >= 4 is 29.3 Å². The van der Waals surface area contributed by atoms with E-state index in [1.54, 1.807) is 49.6 Å². The Morgan fingerprint density at radius 2 is 1.82 bits per heavy atom. The van der Waals surface area contributed by atoms with E-state index in [2.05, 4.69) is 5.32 Å². The molecule has 0 atom stereocenters. The average molecular weight is 463 g/mol. The molecule has 0 saturated heterocycles. The van der Waals surface area contributed by atoms with Crippen LogP contribution >= 0.6 is 11.6 Å². The SMILES string of the molecule is CCOc1cc(/C=C(\C#N)C(=O)Nc2ccc(OCc3ccccc3Cl)cc2)ccc1OC. The topological polar surface area (TPSA) is 80.6 Å². The lowest BCUT2D eigenvalue weighted by atomic mass is 10.1. The number of halogens is 1. The summed E-state index contributed by atoms with van der Waals surface area (Å²) in [7, 11) is 1.55. The predicted molar refractivity (Wildman–Crippen MR) is 129 cm³/mol. The fourth-order valence-electron chi connectivity index (χ4n) is 2.98. The van der Waals surface area contributed by atoms with Crippen molar-refractivity contribution in [1.82, 2.24) is 0 Å². The van der Waals surface area contributed by atoms with Crippen molar-refractivity contribution in [2.75, 3.05) is 19.0 Å². The van der Waals surface area contributed by atoms with Crippen LogP contribution in [-0.4, -0.2) is 19.6 Å². The maximum absolute atomic E-state index is 12.6. The molecular formula is C26H23ClN2O4. The van der Waals surface area contributed by atoms with Crippen molar-refractivity contribution in [3.05, 3.63) is 88.5 Å². The van der Waals surface area contributed by atoms with Crippen molar-refractivity contribution in [3.63, 3.8) is 0 Å². The van der Waals surface area contributed by atoms with Crippen LogP contribution in [-0.2, 0) is 11.4 Å². The lowest BCUT2D eigenvalue weighted by Gasteiger charge is -2.10. The van der Waals surface area contributed by atoms with Gasteiger partial charge in [-0.05, 0) is 61.0 Å². The predicted octanol–water partition coefficient (Wildman–Crippen LogP) is 5.87. The molecule has 0 unspecified atom stereocenters. The van der Waals surface area contributed by atoms with E-state index in [9.17, 15) is 10.1 Å². The molecule has 6 nitrogen and oxygen atoms in total. The second kappa shape index (κ2) is 11.6. The molecular weight excluding hydrogens is 440 g/mol. The molecule has 3 rings (SSSR count). The standard InChI is InChI=1S/C26H23ClN2O4/c1-3-32-25-15-18(8-13-24(25)31-2)14-20(16-28)26(30)29-21-9-11-22(12-10-21)33-17-19-6-4-5-7-23(19)27/h4-15H,3,17H2,1-2H3,(H,29,30)/b20-14+. The van der Waals surface area contributed by atoms with Crippen molar-refractivity contribution in [2.24, 2.45) is 0 Å². The number of rotatable bonds is 9. The lowest BCUT2D eigenvalue weighted by Crippen LogP contribution is -2.13. The zero-order valence-electron chi connectivity index (χ0n) is 18.3. The number of hydrogen-bond acceptors (Lipinski definition) is 5. The van der Waals surface area contributed by atoms with Crippen LogP contribution in [0.25, 0.3) is 6.08 Å². The Kier molecular flexibility index (Phi) is 8.34. The highest BCUT2D eigenvalue weighted by atomic mass is 35.5. The minimum Gasteiger partial charge on any atom is -0.493 e. The first-order valence-electron chi connectivity index (χ1n) is 10.2. The summed E-state index contributed by atoms with van der Waals surface area (Å²) < 4.78 is 16.6. The van der Waals surface area contributed by atoms with E-state index >= 15 is 0 Å². The molecule has 3 aromatic carbocycles. The summed E-state index contributed by atoms with van der Waals surface area (Å²) in [5, 5.41) is 12.9. The molecule has 33 heavy (non-hydrogen) atoms.